The van der Waals surface area contributed by atoms with Gasteiger partial charge in [0.05, 0.1) is 6.21 Å². The number of rotatable bonds is 5. The third-order valence-electron chi connectivity index (χ3n) is 2.75. The number of nitrogens with zero attached hydrogens (tertiary/aromatic N) is 1. The number of hydrogen-bond donors (Lipinski definition) is 1. The number of hydrogen-bond acceptors (Lipinski definition) is 3. The second-order valence-electron chi connectivity index (χ2n) is 4.50. The minimum atomic E-state index is -0.677. The van der Waals surface area contributed by atoms with Crippen molar-refractivity contribution in [3.8, 4) is 5.75 Å². The summed E-state index contributed by atoms with van der Waals surface area (Å²) in [4.78, 5) is 11.9. The molecule has 0 bridgehead atoms. The molecule has 0 spiro atoms. The van der Waals surface area contributed by atoms with Gasteiger partial charge in [-0.25, -0.2) is 5.43 Å². The highest BCUT2D eigenvalue weighted by atomic mass is 35.5. The van der Waals surface area contributed by atoms with Gasteiger partial charge in [-0.05, 0) is 48.9 Å². The van der Waals surface area contributed by atoms with Crippen LogP contribution in [0.3, 0.4) is 0 Å². The van der Waals surface area contributed by atoms with Crippen LogP contribution >= 0.6 is 23.2 Å². The molecule has 0 aliphatic rings. The van der Waals surface area contributed by atoms with Crippen molar-refractivity contribution in [3.05, 3.63) is 64.1 Å². The molecular weight excluding hydrogens is 323 g/mol. The number of hydrazone groups is 1. The van der Waals surface area contributed by atoms with Gasteiger partial charge in [-0.3, -0.25) is 4.79 Å². The largest absolute Gasteiger partial charge is 0.481 e. The van der Waals surface area contributed by atoms with E-state index in [1.807, 2.05) is 0 Å². The fourth-order valence-electron chi connectivity index (χ4n) is 1.58. The Kier molecular flexibility index (Phi) is 5.81. The van der Waals surface area contributed by atoms with Crippen LogP contribution < -0.4 is 10.2 Å². The molecule has 22 heavy (non-hydrogen) atoms. The van der Waals surface area contributed by atoms with Gasteiger partial charge < -0.3 is 4.74 Å². The van der Waals surface area contributed by atoms with Crippen LogP contribution in [-0.4, -0.2) is 18.2 Å². The van der Waals surface area contributed by atoms with Gasteiger partial charge in [0, 0.05) is 10.0 Å². The third-order valence-corrected chi connectivity index (χ3v) is 3.26. The molecule has 0 fully saturated rings. The van der Waals surface area contributed by atoms with Crippen molar-refractivity contribution < 1.29 is 9.53 Å². The van der Waals surface area contributed by atoms with Gasteiger partial charge in [-0.15, -0.1) is 0 Å². The smallest absolute Gasteiger partial charge is 0.280 e. The van der Waals surface area contributed by atoms with E-state index >= 15 is 0 Å². The van der Waals surface area contributed by atoms with Gasteiger partial charge in [0.1, 0.15) is 5.75 Å². The van der Waals surface area contributed by atoms with Crippen LogP contribution in [0.5, 0.6) is 5.75 Å². The Labute approximate surface area is 138 Å². The van der Waals surface area contributed by atoms with Gasteiger partial charge in [0.25, 0.3) is 5.91 Å². The first-order chi connectivity index (χ1) is 10.5. The average Bonchev–Trinajstić information content (AvgIpc) is 2.51. The van der Waals surface area contributed by atoms with Crippen LogP contribution in [-0.2, 0) is 4.79 Å². The lowest BCUT2D eigenvalue weighted by Gasteiger charge is -2.12. The molecule has 2 rings (SSSR count). The van der Waals surface area contributed by atoms with Gasteiger partial charge in [-0.1, -0.05) is 35.3 Å². The topological polar surface area (TPSA) is 50.7 Å². The van der Waals surface area contributed by atoms with Crippen molar-refractivity contribution in [1.82, 2.24) is 5.43 Å². The fourth-order valence-corrected chi connectivity index (χ4v) is 1.83. The number of halogens is 2. The van der Waals surface area contributed by atoms with Crippen LogP contribution in [0.4, 0.5) is 0 Å². The van der Waals surface area contributed by atoms with E-state index in [1.165, 1.54) is 6.21 Å². The van der Waals surface area contributed by atoms with Crippen LogP contribution in [0.15, 0.2) is 53.6 Å². The molecule has 0 heterocycles. The van der Waals surface area contributed by atoms with Crippen molar-refractivity contribution in [2.75, 3.05) is 0 Å². The minimum Gasteiger partial charge on any atom is -0.481 e. The molecule has 0 saturated heterocycles. The first kappa shape index (κ1) is 16.3. The Hall–Kier alpha value is -2.04. The van der Waals surface area contributed by atoms with Crippen molar-refractivity contribution in [2.45, 2.75) is 13.0 Å². The fraction of sp³-hybridized carbons (Fsp3) is 0.125. The van der Waals surface area contributed by atoms with Crippen molar-refractivity contribution in [3.63, 3.8) is 0 Å². The number of carbonyl (C=O) groups is 1. The first-order valence-corrected chi connectivity index (χ1v) is 7.31. The molecule has 114 valence electrons. The molecule has 1 unspecified atom stereocenters. The van der Waals surface area contributed by atoms with E-state index in [1.54, 1.807) is 55.5 Å². The summed E-state index contributed by atoms with van der Waals surface area (Å²) in [6.07, 6.45) is 0.854. The molecule has 0 saturated carbocycles. The quantitative estimate of drug-likeness (QED) is 0.664. The average molecular weight is 337 g/mol. The Balaban J connectivity index is 1.85. The Morgan fingerprint density at radius 2 is 1.64 bits per heavy atom. The predicted octanol–water partition coefficient (Wildman–Crippen LogP) is 3.91. The SMILES string of the molecule is CC(Oc1ccc(Cl)cc1)C(=O)N/N=C\c1ccc(Cl)cc1. The molecule has 0 aromatic heterocycles. The Morgan fingerprint density at radius 1 is 1.09 bits per heavy atom. The van der Waals surface area contributed by atoms with Crippen LogP contribution in [0.2, 0.25) is 10.0 Å². The van der Waals surface area contributed by atoms with E-state index in [-0.39, 0.29) is 5.91 Å². The lowest BCUT2D eigenvalue weighted by molar-refractivity contribution is -0.127. The lowest BCUT2D eigenvalue weighted by atomic mass is 10.2. The van der Waals surface area contributed by atoms with E-state index in [2.05, 4.69) is 10.5 Å². The van der Waals surface area contributed by atoms with E-state index in [4.69, 9.17) is 27.9 Å². The molecule has 1 amide bonds. The number of benzene rings is 2. The summed E-state index contributed by atoms with van der Waals surface area (Å²) in [7, 11) is 0. The number of amides is 1. The molecule has 0 radical (unpaired) electrons. The van der Waals surface area contributed by atoms with Crippen LogP contribution in [0, 0.1) is 0 Å². The second kappa shape index (κ2) is 7.82. The maximum absolute atomic E-state index is 11.9. The maximum Gasteiger partial charge on any atom is 0.280 e. The summed E-state index contributed by atoms with van der Waals surface area (Å²) in [6, 6.07) is 13.9. The lowest BCUT2D eigenvalue weighted by Crippen LogP contribution is -2.33. The molecule has 1 atom stereocenters. The summed E-state index contributed by atoms with van der Waals surface area (Å²) in [6.45, 7) is 1.64. The van der Waals surface area contributed by atoms with E-state index < -0.39 is 6.10 Å². The highest BCUT2D eigenvalue weighted by molar-refractivity contribution is 6.30. The summed E-state index contributed by atoms with van der Waals surface area (Å²) >= 11 is 11.6. The monoisotopic (exact) mass is 336 g/mol. The van der Waals surface area contributed by atoms with Crippen molar-refractivity contribution in [1.29, 1.82) is 0 Å². The van der Waals surface area contributed by atoms with E-state index in [0.29, 0.717) is 15.8 Å². The van der Waals surface area contributed by atoms with Crippen molar-refractivity contribution in [2.24, 2.45) is 5.10 Å². The summed E-state index contributed by atoms with van der Waals surface area (Å²) in [5, 5.41) is 5.13. The predicted molar refractivity (Wildman–Crippen MR) is 88.7 cm³/mol. The summed E-state index contributed by atoms with van der Waals surface area (Å²) in [5.41, 5.74) is 3.25. The molecule has 6 heteroatoms. The van der Waals surface area contributed by atoms with E-state index in [0.717, 1.165) is 5.56 Å². The maximum atomic E-state index is 11.9. The Morgan fingerprint density at radius 3 is 2.23 bits per heavy atom. The third kappa shape index (κ3) is 5.06. The van der Waals surface area contributed by atoms with Crippen LogP contribution in [0.1, 0.15) is 12.5 Å². The number of carbonyl (C=O) groups excluding carboxylic acids is 1. The van der Waals surface area contributed by atoms with Crippen LogP contribution in [0.25, 0.3) is 0 Å². The van der Waals surface area contributed by atoms with Gasteiger partial charge in [-0.2, -0.15) is 5.10 Å². The van der Waals surface area contributed by atoms with Gasteiger partial charge >= 0.3 is 0 Å². The first-order valence-electron chi connectivity index (χ1n) is 6.55. The summed E-state index contributed by atoms with van der Waals surface area (Å²) < 4.78 is 5.49. The van der Waals surface area contributed by atoms with Crippen molar-refractivity contribution >= 4 is 35.3 Å². The highest BCUT2D eigenvalue weighted by Gasteiger charge is 2.13. The zero-order valence-corrected chi connectivity index (χ0v) is 13.3. The Bertz CT molecular complexity index is 655. The summed E-state index contributed by atoms with van der Waals surface area (Å²) in [5.74, 6) is 0.217. The number of ether oxygens (including phenoxy) is 1. The zero-order chi connectivity index (χ0) is 15.9. The molecule has 2 aromatic carbocycles. The van der Waals surface area contributed by atoms with Gasteiger partial charge in [0.15, 0.2) is 6.10 Å². The highest BCUT2D eigenvalue weighted by Crippen LogP contribution is 2.16. The molecule has 0 aliphatic heterocycles. The standard InChI is InChI=1S/C16H14Cl2N2O2/c1-11(22-15-8-6-14(18)7-9-15)16(21)20-19-10-12-2-4-13(17)5-3-12/h2-11H,1H3,(H,20,21)/b19-10-. The minimum absolute atomic E-state index is 0.347. The second-order valence-corrected chi connectivity index (χ2v) is 5.37. The molecule has 0 aliphatic carbocycles. The molecule has 4 nitrogen and oxygen atoms in total. The molecule has 1 N–H and O–H groups in total. The zero-order valence-electron chi connectivity index (χ0n) is 11.8. The molecule has 2 aromatic rings. The normalized spacial score (nSPS) is 12.1. The molecular formula is C16H14Cl2N2O2. The van der Waals surface area contributed by atoms with E-state index in [9.17, 15) is 4.79 Å². The number of nitrogens with one attached hydrogen (secondary N) is 1. The van der Waals surface area contributed by atoms with Gasteiger partial charge in [0.2, 0.25) is 0 Å².